The Morgan fingerprint density at radius 3 is 2.31 bits per heavy atom. The first-order chi connectivity index (χ1) is 20.2. The summed E-state index contributed by atoms with van der Waals surface area (Å²) in [6.07, 6.45) is 1.67. The number of anilines is 1. The summed E-state index contributed by atoms with van der Waals surface area (Å²) in [6, 6.07) is 25.8. The van der Waals surface area contributed by atoms with Crippen molar-refractivity contribution in [2.75, 3.05) is 18.8 Å². The van der Waals surface area contributed by atoms with Gasteiger partial charge in [-0.25, -0.2) is 23.4 Å². The number of nitrogens with two attached hydrogens (primary N) is 1. The molecule has 0 aliphatic carbocycles. The molecule has 10 heteroatoms. The van der Waals surface area contributed by atoms with E-state index in [1.165, 1.54) is 0 Å². The molecule has 0 bridgehead atoms. The van der Waals surface area contributed by atoms with Gasteiger partial charge in [0.1, 0.15) is 11.3 Å². The average molecular weight is 580 g/mol. The highest BCUT2D eigenvalue weighted by molar-refractivity contribution is 7.92. The van der Waals surface area contributed by atoms with Crippen molar-refractivity contribution in [1.29, 1.82) is 0 Å². The molecule has 0 saturated carbocycles. The number of benzene rings is 2. The van der Waals surface area contributed by atoms with Crippen LogP contribution in [0.25, 0.3) is 39.5 Å². The van der Waals surface area contributed by atoms with Crippen LogP contribution in [0.5, 0.6) is 0 Å². The quantitative estimate of drug-likeness (QED) is 0.286. The molecule has 0 unspecified atom stereocenters. The average Bonchev–Trinajstić information content (AvgIpc) is 3.36. The fraction of sp³-hybridized carbons (Fsp3) is 0.219. The van der Waals surface area contributed by atoms with Gasteiger partial charge >= 0.3 is 0 Å². The van der Waals surface area contributed by atoms with E-state index in [1.807, 2.05) is 73.0 Å². The smallest absolute Gasteiger partial charge is 0.236 e. The summed E-state index contributed by atoms with van der Waals surface area (Å²) in [5.41, 5.74) is 12.4. The summed E-state index contributed by atoms with van der Waals surface area (Å²) in [4.78, 5) is 16.6. The van der Waals surface area contributed by atoms with Gasteiger partial charge in [-0.1, -0.05) is 49.0 Å². The molecule has 214 valence electrons. The van der Waals surface area contributed by atoms with Crippen molar-refractivity contribution in [2.24, 2.45) is 0 Å². The lowest BCUT2D eigenvalue weighted by Gasteiger charge is -2.42. The summed E-state index contributed by atoms with van der Waals surface area (Å²) in [5, 5.41) is 1.04. The minimum atomic E-state index is -3.47. The van der Waals surface area contributed by atoms with Crippen molar-refractivity contribution in [3.63, 3.8) is 0 Å². The Morgan fingerprint density at radius 1 is 0.929 bits per heavy atom. The summed E-state index contributed by atoms with van der Waals surface area (Å²) in [7, 11) is -3.47. The van der Waals surface area contributed by atoms with Crippen LogP contribution >= 0.6 is 0 Å². The first-order valence-electron chi connectivity index (χ1n) is 13.9. The molecule has 4 heterocycles. The van der Waals surface area contributed by atoms with Crippen LogP contribution in [0.3, 0.4) is 0 Å². The number of imidazole rings is 1. The number of fused-ring (bicyclic) bond motifs is 1. The molecule has 6 rings (SSSR count). The van der Waals surface area contributed by atoms with E-state index in [9.17, 15) is 8.42 Å². The predicted octanol–water partition coefficient (Wildman–Crippen LogP) is 5.10. The summed E-state index contributed by atoms with van der Waals surface area (Å²) >= 11 is 0. The Labute approximate surface area is 246 Å². The van der Waals surface area contributed by atoms with Gasteiger partial charge in [0.05, 0.1) is 11.3 Å². The van der Waals surface area contributed by atoms with Crippen molar-refractivity contribution in [1.82, 2.24) is 28.7 Å². The Kier molecular flexibility index (Phi) is 7.36. The zero-order valence-corrected chi connectivity index (χ0v) is 24.4. The SMILES string of the molecule is C=CS(=O)(=O)N1[C@@H](C)CN(Cc2ccc(-n3c(-c4cccnc4N)nc4ccc(-c5ccccc5)nc43)cc2)C[C@@H]1C. The van der Waals surface area contributed by atoms with Gasteiger partial charge in [0, 0.05) is 54.6 Å². The Balaban J connectivity index is 1.35. The first kappa shape index (κ1) is 27.8. The largest absolute Gasteiger partial charge is 0.383 e. The van der Waals surface area contributed by atoms with E-state index in [0.717, 1.165) is 44.6 Å². The molecule has 0 spiro atoms. The third-order valence-electron chi connectivity index (χ3n) is 7.67. The summed E-state index contributed by atoms with van der Waals surface area (Å²) in [6.45, 7) is 9.38. The minimum Gasteiger partial charge on any atom is -0.383 e. The van der Waals surface area contributed by atoms with Crippen LogP contribution in [0.4, 0.5) is 5.82 Å². The number of sulfonamides is 1. The van der Waals surface area contributed by atoms with Crippen molar-refractivity contribution in [3.05, 3.63) is 103 Å². The van der Waals surface area contributed by atoms with Crippen molar-refractivity contribution in [3.8, 4) is 28.3 Å². The molecular weight excluding hydrogens is 546 g/mol. The molecule has 2 aromatic carbocycles. The highest BCUT2D eigenvalue weighted by Crippen LogP contribution is 2.32. The number of hydrogen-bond donors (Lipinski definition) is 1. The van der Waals surface area contributed by atoms with Gasteiger partial charge in [-0.15, -0.1) is 0 Å². The third kappa shape index (κ3) is 5.20. The molecular formula is C32H33N7O2S. The number of aromatic nitrogens is 4. The number of pyridine rings is 2. The fourth-order valence-corrected chi connectivity index (χ4v) is 7.21. The van der Waals surface area contributed by atoms with Crippen molar-refractivity contribution >= 4 is 27.0 Å². The predicted molar refractivity (Wildman–Crippen MR) is 167 cm³/mol. The third-order valence-corrected chi connectivity index (χ3v) is 9.40. The van der Waals surface area contributed by atoms with Gasteiger partial charge < -0.3 is 5.73 Å². The fourth-order valence-electron chi connectivity index (χ4n) is 5.90. The van der Waals surface area contributed by atoms with Crippen LogP contribution < -0.4 is 5.73 Å². The van der Waals surface area contributed by atoms with E-state index in [-0.39, 0.29) is 12.1 Å². The zero-order chi connectivity index (χ0) is 29.4. The lowest BCUT2D eigenvalue weighted by atomic mass is 10.1. The molecule has 2 N–H and O–H groups in total. The van der Waals surface area contributed by atoms with E-state index in [0.29, 0.717) is 31.3 Å². The Morgan fingerprint density at radius 2 is 1.64 bits per heavy atom. The molecule has 0 radical (unpaired) electrons. The molecule has 5 aromatic rings. The van der Waals surface area contributed by atoms with E-state index >= 15 is 0 Å². The van der Waals surface area contributed by atoms with Crippen molar-refractivity contribution in [2.45, 2.75) is 32.5 Å². The lowest BCUT2D eigenvalue weighted by molar-refractivity contribution is 0.0974. The van der Waals surface area contributed by atoms with E-state index < -0.39 is 10.0 Å². The van der Waals surface area contributed by atoms with Gasteiger partial charge in [-0.2, -0.15) is 4.31 Å². The first-order valence-corrected chi connectivity index (χ1v) is 15.4. The van der Waals surface area contributed by atoms with E-state index in [2.05, 4.69) is 40.7 Å². The molecule has 1 aliphatic heterocycles. The van der Waals surface area contributed by atoms with Gasteiger partial charge in [-0.3, -0.25) is 9.47 Å². The topological polar surface area (TPSA) is 110 Å². The van der Waals surface area contributed by atoms with Gasteiger partial charge in [-0.05, 0) is 55.8 Å². The molecule has 1 aliphatic rings. The maximum Gasteiger partial charge on any atom is 0.236 e. The van der Waals surface area contributed by atoms with Crippen LogP contribution in [-0.2, 0) is 16.6 Å². The van der Waals surface area contributed by atoms with Crippen LogP contribution in [-0.4, -0.2) is 62.3 Å². The number of nitrogen functional groups attached to an aromatic ring is 1. The second kappa shape index (κ2) is 11.1. The zero-order valence-electron chi connectivity index (χ0n) is 23.6. The number of hydrogen-bond acceptors (Lipinski definition) is 7. The maximum atomic E-state index is 12.5. The normalized spacial score (nSPS) is 18.3. The number of piperazine rings is 1. The lowest BCUT2D eigenvalue weighted by Crippen LogP contribution is -2.57. The number of nitrogens with zero attached hydrogens (tertiary/aromatic N) is 6. The Bertz CT molecular complexity index is 1840. The van der Waals surface area contributed by atoms with Crippen LogP contribution in [0.1, 0.15) is 19.4 Å². The molecule has 2 atom stereocenters. The highest BCUT2D eigenvalue weighted by Gasteiger charge is 2.36. The molecule has 0 amide bonds. The highest BCUT2D eigenvalue weighted by atomic mass is 32.2. The van der Waals surface area contributed by atoms with Crippen LogP contribution in [0.15, 0.2) is 97.0 Å². The van der Waals surface area contributed by atoms with Gasteiger partial charge in [0.15, 0.2) is 11.5 Å². The van der Waals surface area contributed by atoms with Crippen LogP contribution in [0.2, 0.25) is 0 Å². The molecule has 1 saturated heterocycles. The standard InChI is InChI=1S/C32H33N7O2S/c1-4-42(40,41)39-22(2)19-37(20-23(39)3)21-24-12-14-26(15-13-24)38-31(27-11-8-18-34-30(27)33)36-29-17-16-28(35-32(29)38)25-9-6-5-7-10-25/h4-18,22-23H,1,19-21H2,2-3H3,(H2,33,34)/t22-,23-/m0/s1. The maximum absolute atomic E-state index is 12.5. The Hall–Kier alpha value is -4.38. The van der Waals surface area contributed by atoms with Gasteiger partial charge in [0.2, 0.25) is 10.0 Å². The summed E-state index contributed by atoms with van der Waals surface area (Å²) in [5.74, 6) is 1.07. The van der Waals surface area contributed by atoms with Crippen LogP contribution in [0, 0.1) is 0 Å². The summed E-state index contributed by atoms with van der Waals surface area (Å²) < 4.78 is 28.6. The van der Waals surface area contributed by atoms with E-state index in [4.69, 9.17) is 15.7 Å². The minimum absolute atomic E-state index is 0.147. The number of rotatable bonds is 7. The molecule has 42 heavy (non-hydrogen) atoms. The molecule has 3 aromatic heterocycles. The monoisotopic (exact) mass is 579 g/mol. The van der Waals surface area contributed by atoms with Crippen molar-refractivity contribution < 1.29 is 8.42 Å². The van der Waals surface area contributed by atoms with E-state index in [1.54, 1.807) is 10.5 Å². The van der Waals surface area contributed by atoms with Gasteiger partial charge in [0.25, 0.3) is 0 Å². The molecule has 9 nitrogen and oxygen atoms in total. The second-order valence-electron chi connectivity index (χ2n) is 10.7. The second-order valence-corrected chi connectivity index (χ2v) is 12.5. The molecule has 1 fully saturated rings.